The fraction of sp³-hybridized carbons (Fsp3) is 0.125. The van der Waals surface area contributed by atoms with Gasteiger partial charge in [-0.15, -0.1) is 0 Å². The van der Waals surface area contributed by atoms with Gasteiger partial charge in [0.25, 0.3) is 5.69 Å². The van der Waals surface area contributed by atoms with Crippen molar-refractivity contribution in [2.75, 3.05) is 7.11 Å². The van der Waals surface area contributed by atoms with Gasteiger partial charge in [-0.25, -0.2) is 4.79 Å². The maximum atomic E-state index is 10.5. The van der Waals surface area contributed by atoms with E-state index in [9.17, 15) is 14.9 Å². The van der Waals surface area contributed by atoms with Crippen LogP contribution < -0.4 is 9.47 Å². The van der Waals surface area contributed by atoms with Gasteiger partial charge in [-0.1, -0.05) is 0 Å². The number of halogens is 1. The third kappa shape index (κ3) is 2.81. The smallest absolute Gasteiger partial charge is 0.409 e. The van der Waals surface area contributed by atoms with Gasteiger partial charge in [-0.2, -0.15) is 0 Å². The monoisotopic (exact) mass is 231 g/mol. The molecule has 15 heavy (non-hydrogen) atoms. The zero-order valence-electron chi connectivity index (χ0n) is 7.60. The maximum Gasteiger partial charge on any atom is 0.409 e. The van der Waals surface area contributed by atoms with Crippen molar-refractivity contribution in [1.82, 2.24) is 0 Å². The molecule has 0 saturated carbocycles. The van der Waals surface area contributed by atoms with E-state index in [0.29, 0.717) is 0 Å². The summed E-state index contributed by atoms with van der Waals surface area (Å²) in [5, 5.41) is 10.4. The molecule has 0 heterocycles. The summed E-state index contributed by atoms with van der Waals surface area (Å²) < 4.78 is 9.35. The normalized spacial score (nSPS) is 9.47. The number of nitrogens with zero attached hydrogens (tertiary/aromatic N) is 1. The fourth-order valence-corrected chi connectivity index (χ4v) is 1.02. The summed E-state index contributed by atoms with van der Waals surface area (Å²) in [6.45, 7) is 0. The lowest BCUT2D eigenvalue weighted by Gasteiger charge is -2.05. The Morgan fingerprint density at radius 3 is 2.60 bits per heavy atom. The first-order valence-electron chi connectivity index (χ1n) is 3.74. The van der Waals surface area contributed by atoms with E-state index in [1.54, 1.807) is 0 Å². The van der Waals surface area contributed by atoms with Crippen molar-refractivity contribution in [3.8, 4) is 11.5 Å². The summed E-state index contributed by atoms with van der Waals surface area (Å²) >= 11 is 4.99. The van der Waals surface area contributed by atoms with Gasteiger partial charge in [0.05, 0.1) is 18.1 Å². The minimum Gasteiger partial charge on any atom is -0.493 e. The average Bonchev–Trinajstić information content (AvgIpc) is 2.17. The van der Waals surface area contributed by atoms with Crippen molar-refractivity contribution in [1.29, 1.82) is 0 Å². The third-order valence-corrected chi connectivity index (χ3v) is 1.63. The van der Waals surface area contributed by atoms with Gasteiger partial charge in [-0.3, -0.25) is 10.1 Å². The number of ether oxygens (including phenoxy) is 2. The van der Waals surface area contributed by atoms with E-state index in [4.69, 9.17) is 16.3 Å². The van der Waals surface area contributed by atoms with Crippen LogP contribution in [0.25, 0.3) is 0 Å². The average molecular weight is 232 g/mol. The van der Waals surface area contributed by atoms with E-state index >= 15 is 0 Å². The molecule has 0 aromatic heterocycles. The summed E-state index contributed by atoms with van der Waals surface area (Å²) in [6, 6.07) is 3.55. The van der Waals surface area contributed by atoms with Crippen LogP contribution in [0.1, 0.15) is 0 Å². The second-order valence-corrected chi connectivity index (χ2v) is 2.74. The van der Waals surface area contributed by atoms with Crippen LogP contribution in [-0.2, 0) is 0 Å². The molecule has 6 nitrogen and oxygen atoms in total. The molecule has 0 aliphatic heterocycles. The summed E-state index contributed by atoms with van der Waals surface area (Å²) in [4.78, 5) is 20.3. The van der Waals surface area contributed by atoms with Crippen LogP contribution in [0.5, 0.6) is 11.5 Å². The molecule has 0 saturated heterocycles. The standard InChI is InChI=1S/C8H6ClNO5/c1-14-7-4-5(10(12)13)2-3-6(7)15-8(9)11/h2-4H,1H3. The highest BCUT2D eigenvalue weighted by Gasteiger charge is 2.13. The second-order valence-electron chi connectivity index (χ2n) is 2.43. The first-order chi connectivity index (χ1) is 7.04. The molecule has 0 aliphatic rings. The summed E-state index contributed by atoms with van der Waals surface area (Å²) in [5.41, 5.74) is -1.21. The third-order valence-electron chi connectivity index (χ3n) is 1.55. The Balaban J connectivity index is 3.08. The molecule has 0 radical (unpaired) electrons. The second kappa shape index (κ2) is 4.61. The number of non-ortho nitro benzene ring substituents is 1. The van der Waals surface area contributed by atoms with Gasteiger partial charge in [0, 0.05) is 17.7 Å². The predicted octanol–water partition coefficient (Wildman–Crippen LogP) is 2.34. The van der Waals surface area contributed by atoms with Gasteiger partial charge in [0.15, 0.2) is 11.5 Å². The van der Waals surface area contributed by atoms with Crippen molar-refractivity contribution in [2.45, 2.75) is 0 Å². The lowest BCUT2D eigenvalue weighted by molar-refractivity contribution is -0.384. The predicted molar refractivity (Wildman–Crippen MR) is 51.5 cm³/mol. The quantitative estimate of drug-likeness (QED) is 0.453. The molecule has 0 spiro atoms. The molecule has 0 bridgehead atoms. The molecule has 0 amide bonds. The molecule has 80 valence electrons. The van der Waals surface area contributed by atoms with Crippen LogP contribution in [-0.4, -0.2) is 17.5 Å². The number of carbonyl (C=O) groups excluding carboxylic acids is 1. The van der Waals surface area contributed by atoms with Crippen molar-refractivity contribution < 1.29 is 19.2 Å². The molecule has 1 aromatic carbocycles. The number of hydrogen-bond acceptors (Lipinski definition) is 5. The molecule has 0 fully saturated rings. The number of benzene rings is 1. The summed E-state index contributed by atoms with van der Waals surface area (Å²) in [5.74, 6) is 0.0984. The zero-order chi connectivity index (χ0) is 11.4. The number of rotatable bonds is 3. The summed E-state index contributed by atoms with van der Waals surface area (Å²) in [6.07, 6.45) is 0. The molecule has 1 aromatic rings. The van der Waals surface area contributed by atoms with Crippen molar-refractivity contribution >= 4 is 22.7 Å². The molecule has 7 heteroatoms. The number of hydrogen-bond donors (Lipinski definition) is 0. The van der Waals surface area contributed by atoms with Crippen LogP contribution in [0.3, 0.4) is 0 Å². The topological polar surface area (TPSA) is 78.7 Å². The Morgan fingerprint density at radius 2 is 2.13 bits per heavy atom. The van der Waals surface area contributed by atoms with Gasteiger partial charge >= 0.3 is 5.43 Å². The molecule has 0 unspecified atom stereocenters. The first kappa shape index (κ1) is 11.3. The Bertz CT molecular complexity index is 406. The minimum atomic E-state index is -1.04. The highest BCUT2D eigenvalue weighted by molar-refractivity contribution is 6.61. The molecule has 1 rings (SSSR count). The van der Waals surface area contributed by atoms with Crippen molar-refractivity contribution in [3.63, 3.8) is 0 Å². The van der Waals surface area contributed by atoms with Crippen molar-refractivity contribution in [3.05, 3.63) is 28.3 Å². The molecule has 0 aliphatic carbocycles. The zero-order valence-corrected chi connectivity index (χ0v) is 8.35. The van der Waals surface area contributed by atoms with Crippen LogP contribution in [0.2, 0.25) is 0 Å². The number of carbonyl (C=O) groups is 1. The highest BCUT2D eigenvalue weighted by atomic mass is 35.5. The SMILES string of the molecule is COc1cc([N+](=O)[O-])ccc1OC(=O)Cl. The van der Waals surface area contributed by atoms with Gasteiger partial charge < -0.3 is 9.47 Å². The minimum absolute atomic E-state index is 0.0306. The Kier molecular flexibility index (Phi) is 3.46. The Hall–Kier alpha value is -1.82. The van der Waals surface area contributed by atoms with Crippen LogP contribution in [0.4, 0.5) is 10.5 Å². The lowest BCUT2D eigenvalue weighted by Crippen LogP contribution is -1.99. The molecular weight excluding hydrogens is 226 g/mol. The maximum absolute atomic E-state index is 10.5. The molecule has 0 atom stereocenters. The lowest BCUT2D eigenvalue weighted by atomic mass is 10.3. The van der Waals surface area contributed by atoms with E-state index < -0.39 is 10.4 Å². The van der Waals surface area contributed by atoms with Crippen LogP contribution in [0.15, 0.2) is 18.2 Å². The Morgan fingerprint density at radius 1 is 1.47 bits per heavy atom. The Labute approximate surface area is 89.5 Å². The molecule has 0 N–H and O–H groups in total. The number of nitro groups is 1. The fourth-order valence-electron chi connectivity index (χ4n) is 0.941. The van der Waals surface area contributed by atoms with Crippen LogP contribution in [0, 0.1) is 10.1 Å². The van der Waals surface area contributed by atoms with E-state index in [0.717, 1.165) is 6.07 Å². The van der Waals surface area contributed by atoms with Crippen LogP contribution >= 0.6 is 11.6 Å². The van der Waals surface area contributed by atoms with E-state index in [-0.39, 0.29) is 17.2 Å². The van der Waals surface area contributed by atoms with E-state index in [1.807, 2.05) is 0 Å². The van der Waals surface area contributed by atoms with Gasteiger partial charge in [-0.05, 0) is 6.07 Å². The van der Waals surface area contributed by atoms with Gasteiger partial charge in [0.1, 0.15) is 0 Å². The molecular formula is C8H6ClNO5. The first-order valence-corrected chi connectivity index (χ1v) is 4.12. The van der Waals surface area contributed by atoms with Gasteiger partial charge in [0.2, 0.25) is 0 Å². The number of nitro benzene ring substituents is 1. The highest BCUT2D eigenvalue weighted by Crippen LogP contribution is 2.31. The number of methoxy groups -OCH3 is 1. The largest absolute Gasteiger partial charge is 0.493 e. The van der Waals surface area contributed by atoms with E-state index in [1.165, 1.54) is 19.2 Å². The van der Waals surface area contributed by atoms with Crippen molar-refractivity contribution in [2.24, 2.45) is 0 Å². The van der Waals surface area contributed by atoms with E-state index in [2.05, 4.69) is 4.74 Å². The summed E-state index contributed by atoms with van der Waals surface area (Å²) in [7, 11) is 1.30.